The number of carboxylic acid groups (broad SMARTS) is 1. The van der Waals surface area contributed by atoms with Gasteiger partial charge in [-0.3, -0.25) is 0 Å². The Morgan fingerprint density at radius 3 is 2.62 bits per heavy atom. The summed E-state index contributed by atoms with van der Waals surface area (Å²) >= 11 is 0. The second-order valence-electron chi connectivity index (χ2n) is 3.43. The number of rotatable bonds is 8. The topological polar surface area (TPSA) is 87.7 Å². The number of carboxylic acids is 1. The van der Waals surface area contributed by atoms with Crippen LogP contribution in [0.3, 0.4) is 0 Å². The molecule has 3 N–H and O–H groups in total. The molecule has 0 saturated carbocycles. The summed E-state index contributed by atoms with van der Waals surface area (Å²) in [6.45, 7) is 2.74. The summed E-state index contributed by atoms with van der Waals surface area (Å²) in [7, 11) is 1.53. The zero-order chi connectivity index (χ0) is 12.4. The second-order valence-corrected chi connectivity index (χ2v) is 3.43. The quantitative estimate of drug-likeness (QED) is 0.534. The van der Waals surface area contributed by atoms with Gasteiger partial charge in [0.2, 0.25) is 0 Å². The van der Waals surface area contributed by atoms with Gasteiger partial charge < -0.3 is 20.5 Å². The van der Waals surface area contributed by atoms with Crippen LogP contribution in [-0.2, 0) is 9.53 Å². The molecule has 0 aliphatic rings. The van der Waals surface area contributed by atoms with Gasteiger partial charge in [0.25, 0.3) is 0 Å². The summed E-state index contributed by atoms with van der Waals surface area (Å²) in [5.74, 6) is -1.00. The lowest BCUT2D eigenvalue weighted by Gasteiger charge is -2.14. The number of carbonyl (C=O) groups excluding carboxylic acids is 1. The summed E-state index contributed by atoms with van der Waals surface area (Å²) < 4.78 is 4.75. The molecule has 0 saturated heterocycles. The van der Waals surface area contributed by atoms with E-state index in [1.807, 2.05) is 6.92 Å². The van der Waals surface area contributed by atoms with Crippen molar-refractivity contribution < 1.29 is 19.4 Å². The number of ether oxygens (including phenoxy) is 1. The van der Waals surface area contributed by atoms with E-state index in [1.165, 1.54) is 7.11 Å². The van der Waals surface area contributed by atoms with E-state index in [0.717, 1.165) is 12.8 Å². The minimum absolute atomic E-state index is 0.364. The molecule has 1 unspecified atom stereocenters. The molecule has 2 amide bonds. The first-order chi connectivity index (χ1) is 7.61. The molecule has 6 nitrogen and oxygen atoms in total. The predicted molar refractivity (Wildman–Crippen MR) is 59.4 cm³/mol. The molecule has 0 heterocycles. The Hall–Kier alpha value is -1.30. The summed E-state index contributed by atoms with van der Waals surface area (Å²) in [6, 6.07) is -1.29. The van der Waals surface area contributed by atoms with Crippen molar-refractivity contribution in [1.82, 2.24) is 10.6 Å². The van der Waals surface area contributed by atoms with E-state index in [2.05, 4.69) is 10.6 Å². The maximum Gasteiger partial charge on any atom is 0.326 e. The minimum atomic E-state index is -1.00. The highest BCUT2D eigenvalue weighted by atomic mass is 16.5. The molecule has 1 atom stereocenters. The van der Waals surface area contributed by atoms with Crippen LogP contribution >= 0.6 is 0 Å². The van der Waals surface area contributed by atoms with Gasteiger partial charge in [0.1, 0.15) is 6.04 Å². The van der Waals surface area contributed by atoms with Gasteiger partial charge in [-0.2, -0.15) is 0 Å². The second kappa shape index (κ2) is 8.96. The number of aliphatic carboxylic acids is 1. The smallest absolute Gasteiger partial charge is 0.326 e. The Morgan fingerprint density at radius 1 is 1.44 bits per heavy atom. The summed E-state index contributed by atoms with van der Waals surface area (Å²) in [6.07, 6.45) is 2.12. The third kappa shape index (κ3) is 7.05. The number of hydrogen-bond donors (Lipinski definition) is 3. The highest BCUT2D eigenvalue weighted by molar-refractivity contribution is 5.82. The van der Waals surface area contributed by atoms with Crippen LogP contribution in [0.15, 0.2) is 0 Å². The molecule has 0 aromatic carbocycles. The summed E-state index contributed by atoms with van der Waals surface area (Å²) in [5, 5.41) is 13.8. The summed E-state index contributed by atoms with van der Waals surface area (Å²) in [4.78, 5) is 22.1. The molecule has 0 spiro atoms. The maximum absolute atomic E-state index is 11.3. The molecule has 0 radical (unpaired) electrons. The molecule has 6 heteroatoms. The number of carbonyl (C=O) groups is 2. The van der Waals surface area contributed by atoms with E-state index in [9.17, 15) is 9.59 Å². The lowest BCUT2D eigenvalue weighted by molar-refractivity contribution is -0.139. The van der Waals surface area contributed by atoms with E-state index < -0.39 is 18.0 Å². The lowest BCUT2D eigenvalue weighted by atomic mass is 10.1. The number of amides is 2. The van der Waals surface area contributed by atoms with Crippen LogP contribution in [0.4, 0.5) is 4.79 Å². The molecule has 0 aliphatic carbocycles. The molecule has 0 rings (SSSR count). The maximum atomic E-state index is 11.3. The monoisotopic (exact) mass is 232 g/mol. The first-order valence-electron chi connectivity index (χ1n) is 5.38. The van der Waals surface area contributed by atoms with Crippen LogP contribution in [0.1, 0.15) is 26.2 Å². The van der Waals surface area contributed by atoms with E-state index in [-0.39, 0.29) is 0 Å². The lowest BCUT2D eigenvalue weighted by Crippen LogP contribution is -2.46. The van der Waals surface area contributed by atoms with Gasteiger partial charge in [-0.25, -0.2) is 9.59 Å². The third-order valence-corrected chi connectivity index (χ3v) is 2.04. The van der Waals surface area contributed by atoms with E-state index >= 15 is 0 Å². The van der Waals surface area contributed by atoms with Gasteiger partial charge >= 0.3 is 12.0 Å². The number of hydrogen-bond acceptors (Lipinski definition) is 3. The highest BCUT2D eigenvalue weighted by Crippen LogP contribution is 2.00. The normalized spacial score (nSPS) is 11.9. The molecule has 0 fully saturated rings. The minimum Gasteiger partial charge on any atom is -0.480 e. The molecule has 0 bridgehead atoms. The van der Waals surface area contributed by atoms with Crippen molar-refractivity contribution in [3.05, 3.63) is 0 Å². The SMILES string of the molecule is CCCCC(NC(=O)NCCOC)C(=O)O. The molecule has 0 aromatic heterocycles. The van der Waals surface area contributed by atoms with Crippen molar-refractivity contribution in [3.63, 3.8) is 0 Å². The third-order valence-electron chi connectivity index (χ3n) is 2.04. The molecule has 0 aromatic rings. The van der Waals surface area contributed by atoms with Crippen LogP contribution in [0.25, 0.3) is 0 Å². The van der Waals surface area contributed by atoms with Crippen molar-refractivity contribution in [1.29, 1.82) is 0 Å². The van der Waals surface area contributed by atoms with Crippen molar-refractivity contribution in [2.24, 2.45) is 0 Å². The molecule has 94 valence electrons. The van der Waals surface area contributed by atoms with Gasteiger partial charge in [0.05, 0.1) is 6.61 Å². The molecular weight excluding hydrogens is 212 g/mol. The van der Waals surface area contributed by atoms with Gasteiger partial charge in [-0.15, -0.1) is 0 Å². The average Bonchev–Trinajstić information content (AvgIpc) is 2.24. The van der Waals surface area contributed by atoms with Crippen LogP contribution in [-0.4, -0.2) is 43.4 Å². The number of urea groups is 1. The van der Waals surface area contributed by atoms with Crippen molar-refractivity contribution in [2.45, 2.75) is 32.2 Å². The molecular formula is C10H20N2O4. The van der Waals surface area contributed by atoms with E-state index in [0.29, 0.717) is 19.6 Å². The Bertz CT molecular complexity index is 221. The first kappa shape index (κ1) is 14.7. The van der Waals surface area contributed by atoms with Crippen molar-refractivity contribution in [2.75, 3.05) is 20.3 Å². The predicted octanol–water partition coefficient (Wildman–Crippen LogP) is 0.575. The fourth-order valence-electron chi connectivity index (χ4n) is 1.14. The standard InChI is InChI=1S/C10H20N2O4/c1-3-4-5-8(9(13)14)12-10(15)11-6-7-16-2/h8H,3-7H2,1-2H3,(H,13,14)(H2,11,12,15). The van der Waals surface area contributed by atoms with Crippen molar-refractivity contribution >= 4 is 12.0 Å². The van der Waals surface area contributed by atoms with Crippen LogP contribution in [0.5, 0.6) is 0 Å². The zero-order valence-electron chi connectivity index (χ0n) is 9.78. The van der Waals surface area contributed by atoms with Gasteiger partial charge in [0.15, 0.2) is 0 Å². The zero-order valence-corrected chi connectivity index (χ0v) is 9.78. The number of unbranched alkanes of at least 4 members (excludes halogenated alkanes) is 1. The van der Waals surface area contributed by atoms with E-state index in [4.69, 9.17) is 9.84 Å². The fourth-order valence-corrected chi connectivity index (χ4v) is 1.14. The Balaban J connectivity index is 3.88. The number of methoxy groups -OCH3 is 1. The molecule has 0 aliphatic heterocycles. The fraction of sp³-hybridized carbons (Fsp3) is 0.800. The van der Waals surface area contributed by atoms with Gasteiger partial charge in [0, 0.05) is 13.7 Å². The largest absolute Gasteiger partial charge is 0.480 e. The van der Waals surface area contributed by atoms with Crippen LogP contribution in [0.2, 0.25) is 0 Å². The average molecular weight is 232 g/mol. The Morgan fingerprint density at radius 2 is 2.12 bits per heavy atom. The Labute approximate surface area is 95.4 Å². The van der Waals surface area contributed by atoms with Crippen LogP contribution < -0.4 is 10.6 Å². The Kier molecular flexibility index (Phi) is 8.24. The first-order valence-corrected chi connectivity index (χ1v) is 5.38. The highest BCUT2D eigenvalue weighted by Gasteiger charge is 2.18. The van der Waals surface area contributed by atoms with Crippen molar-refractivity contribution in [3.8, 4) is 0 Å². The van der Waals surface area contributed by atoms with Gasteiger partial charge in [-0.05, 0) is 6.42 Å². The number of nitrogens with one attached hydrogen (secondary N) is 2. The van der Waals surface area contributed by atoms with E-state index in [1.54, 1.807) is 0 Å². The molecule has 16 heavy (non-hydrogen) atoms. The van der Waals surface area contributed by atoms with Crippen LogP contribution in [0, 0.1) is 0 Å². The van der Waals surface area contributed by atoms with Gasteiger partial charge in [-0.1, -0.05) is 19.8 Å². The summed E-state index contributed by atoms with van der Waals surface area (Å²) in [5.41, 5.74) is 0.